The second kappa shape index (κ2) is 5.95. The zero-order valence-electron chi connectivity index (χ0n) is 11.1. The van der Waals surface area contributed by atoms with Crippen molar-refractivity contribution in [2.75, 3.05) is 7.05 Å². The minimum Gasteiger partial charge on any atom is -0.481 e. The number of thiazole rings is 1. The second-order valence-corrected chi connectivity index (χ2v) is 5.66. The fourth-order valence-corrected chi connectivity index (χ4v) is 2.63. The fourth-order valence-electron chi connectivity index (χ4n) is 1.72. The summed E-state index contributed by atoms with van der Waals surface area (Å²) in [5.74, 6) is -1.12. The highest BCUT2D eigenvalue weighted by atomic mass is 32.1. The molecule has 5 nitrogen and oxygen atoms in total. The molecule has 1 aromatic rings. The smallest absolute Gasteiger partial charge is 0.303 e. The predicted octanol–water partition coefficient (Wildman–Crippen LogP) is 2.14. The van der Waals surface area contributed by atoms with E-state index in [-0.39, 0.29) is 24.8 Å². The van der Waals surface area contributed by atoms with Crippen molar-refractivity contribution in [2.24, 2.45) is 0 Å². The minimum absolute atomic E-state index is 0.0261. The monoisotopic (exact) mass is 270 g/mol. The Balaban J connectivity index is 2.71. The van der Waals surface area contributed by atoms with E-state index in [4.69, 9.17) is 5.11 Å². The molecule has 0 saturated carbocycles. The number of hydrogen-bond donors (Lipinski definition) is 1. The van der Waals surface area contributed by atoms with Gasteiger partial charge in [0.25, 0.3) is 0 Å². The Morgan fingerprint density at radius 3 is 2.44 bits per heavy atom. The number of nitrogens with zero attached hydrogens (tertiary/aromatic N) is 2. The maximum absolute atomic E-state index is 11.8. The first-order valence-electron chi connectivity index (χ1n) is 5.74. The number of carbonyl (C=O) groups is 2. The average Bonchev–Trinajstić information content (AvgIpc) is 2.63. The zero-order chi connectivity index (χ0) is 13.9. The van der Waals surface area contributed by atoms with Gasteiger partial charge < -0.3 is 10.0 Å². The van der Waals surface area contributed by atoms with Gasteiger partial charge in [-0.3, -0.25) is 9.59 Å². The Hall–Kier alpha value is -1.43. The van der Waals surface area contributed by atoms with Crippen LogP contribution in [0, 0.1) is 13.8 Å². The molecule has 6 heteroatoms. The summed E-state index contributed by atoms with van der Waals surface area (Å²) < 4.78 is 0. The van der Waals surface area contributed by atoms with Gasteiger partial charge in [0.2, 0.25) is 5.91 Å². The topological polar surface area (TPSA) is 70.5 Å². The van der Waals surface area contributed by atoms with Gasteiger partial charge >= 0.3 is 5.97 Å². The molecule has 0 bridgehead atoms. The predicted molar refractivity (Wildman–Crippen MR) is 69.6 cm³/mol. The fraction of sp³-hybridized carbons (Fsp3) is 0.583. The van der Waals surface area contributed by atoms with Crippen molar-refractivity contribution in [3.8, 4) is 0 Å². The third-order valence-electron chi connectivity index (χ3n) is 2.86. The molecule has 1 rings (SSSR count). The molecule has 0 fully saturated rings. The van der Waals surface area contributed by atoms with Crippen LogP contribution in [-0.4, -0.2) is 33.9 Å². The molecule has 0 aromatic carbocycles. The van der Waals surface area contributed by atoms with E-state index in [1.165, 1.54) is 0 Å². The first-order valence-corrected chi connectivity index (χ1v) is 6.56. The van der Waals surface area contributed by atoms with Gasteiger partial charge in [-0.25, -0.2) is 4.98 Å². The van der Waals surface area contributed by atoms with Gasteiger partial charge in [0.1, 0.15) is 0 Å². The molecule has 0 spiro atoms. The van der Waals surface area contributed by atoms with Crippen molar-refractivity contribution < 1.29 is 14.7 Å². The molecule has 0 radical (unpaired) electrons. The zero-order valence-corrected chi connectivity index (χ0v) is 11.9. The van der Waals surface area contributed by atoms with E-state index in [2.05, 4.69) is 4.98 Å². The maximum Gasteiger partial charge on any atom is 0.303 e. The molecule has 1 amide bonds. The summed E-state index contributed by atoms with van der Waals surface area (Å²) in [6.07, 6.45) is -0.108. The number of amides is 1. The number of carbonyl (C=O) groups excluding carboxylic acids is 1. The molecule has 0 aliphatic heterocycles. The van der Waals surface area contributed by atoms with Crippen LogP contribution in [0.3, 0.4) is 0 Å². The van der Waals surface area contributed by atoms with Crippen LogP contribution in [0.25, 0.3) is 0 Å². The average molecular weight is 270 g/mol. The highest BCUT2D eigenvalue weighted by Gasteiger charge is 2.21. The Labute approximate surface area is 110 Å². The van der Waals surface area contributed by atoms with Crippen LogP contribution < -0.4 is 0 Å². The summed E-state index contributed by atoms with van der Waals surface area (Å²) in [4.78, 5) is 29.3. The van der Waals surface area contributed by atoms with Crippen LogP contribution in [0.15, 0.2) is 0 Å². The molecule has 0 aliphatic rings. The molecular weight excluding hydrogens is 252 g/mol. The van der Waals surface area contributed by atoms with Crippen LogP contribution in [0.5, 0.6) is 0 Å². The van der Waals surface area contributed by atoms with Crippen LogP contribution >= 0.6 is 11.3 Å². The van der Waals surface area contributed by atoms with Crippen molar-refractivity contribution in [3.63, 3.8) is 0 Å². The lowest BCUT2D eigenvalue weighted by molar-refractivity contribution is -0.141. The Kier molecular flexibility index (Phi) is 4.84. The molecular formula is C12H18N2O3S. The maximum atomic E-state index is 11.8. The number of aliphatic carboxylic acids is 1. The Morgan fingerprint density at radius 1 is 1.39 bits per heavy atom. The van der Waals surface area contributed by atoms with E-state index in [0.29, 0.717) is 0 Å². The van der Waals surface area contributed by atoms with Gasteiger partial charge in [-0.05, 0) is 20.8 Å². The van der Waals surface area contributed by atoms with E-state index in [1.54, 1.807) is 23.3 Å². The summed E-state index contributed by atoms with van der Waals surface area (Å²) in [5.41, 5.74) is 0.892. The molecule has 1 aromatic heterocycles. The Morgan fingerprint density at radius 2 is 2.00 bits per heavy atom. The van der Waals surface area contributed by atoms with E-state index in [0.717, 1.165) is 15.6 Å². The van der Waals surface area contributed by atoms with Gasteiger partial charge in [-0.15, -0.1) is 11.3 Å². The SMILES string of the molecule is Cc1nc([C@H](C)N(C)C(=O)CCC(=O)O)c(C)s1. The summed E-state index contributed by atoms with van der Waals surface area (Å²) in [6.45, 7) is 5.81. The van der Waals surface area contributed by atoms with Crippen molar-refractivity contribution in [1.82, 2.24) is 9.88 Å². The van der Waals surface area contributed by atoms with Gasteiger partial charge in [0.15, 0.2) is 0 Å². The minimum atomic E-state index is -0.954. The van der Waals surface area contributed by atoms with Crippen molar-refractivity contribution in [2.45, 2.75) is 39.7 Å². The molecule has 1 heterocycles. The third kappa shape index (κ3) is 3.53. The Bertz CT molecular complexity index is 456. The molecule has 18 heavy (non-hydrogen) atoms. The first kappa shape index (κ1) is 14.6. The van der Waals surface area contributed by atoms with Crippen LogP contribution in [0.4, 0.5) is 0 Å². The molecule has 1 N–H and O–H groups in total. The lowest BCUT2D eigenvalue weighted by atomic mass is 10.1. The largest absolute Gasteiger partial charge is 0.481 e. The summed E-state index contributed by atoms with van der Waals surface area (Å²) in [6, 6.07) is -0.128. The molecule has 1 atom stereocenters. The van der Waals surface area contributed by atoms with Gasteiger partial charge in [-0.2, -0.15) is 0 Å². The van der Waals surface area contributed by atoms with E-state index in [9.17, 15) is 9.59 Å². The summed E-state index contributed by atoms with van der Waals surface area (Å²) in [5, 5.41) is 9.54. The molecule has 0 unspecified atom stereocenters. The number of aryl methyl sites for hydroxylation is 2. The quantitative estimate of drug-likeness (QED) is 0.890. The highest BCUT2D eigenvalue weighted by molar-refractivity contribution is 7.11. The lowest BCUT2D eigenvalue weighted by Gasteiger charge is -2.24. The van der Waals surface area contributed by atoms with Crippen LogP contribution in [-0.2, 0) is 9.59 Å². The van der Waals surface area contributed by atoms with Crippen molar-refractivity contribution >= 4 is 23.2 Å². The van der Waals surface area contributed by atoms with Crippen LogP contribution in [0.2, 0.25) is 0 Å². The van der Waals surface area contributed by atoms with Gasteiger partial charge in [0.05, 0.1) is 23.2 Å². The number of carboxylic acid groups (broad SMARTS) is 1. The molecule has 0 aliphatic carbocycles. The number of hydrogen-bond acceptors (Lipinski definition) is 4. The lowest BCUT2D eigenvalue weighted by Crippen LogP contribution is -2.30. The summed E-state index contributed by atoms with van der Waals surface area (Å²) in [7, 11) is 1.68. The highest BCUT2D eigenvalue weighted by Crippen LogP contribution is 2.26. The van der Waals surface area contributed by atoms with Crippen molar-refractivity contribution in [1.29, 1.82) is 0 Å². The van der Waals surface area contributed by atoms with E-state index < -0.39 is 5.97 Å². The van der Waals surface area contributed by atoms with E-state index >= 15 is 0 Å². The third-order valence-corrected chi connectivity index (χ3v) is 3.76. The second-order valence-electron chi connectivity index (χ2n) is 4.25. The molecule has 0 saturated heterocycles. The van der Waals surface area contributed by atoms with E-state index in [1.807, 2.05) is 20.8 Å². The molecule has 100 valence electrons. The first-order chi connectivity index (χ1) is 8.32. The van der Waals surface area contributed by atoms with Gasteiger partial charge in [-0.1, -0.05) is 0 Å². The van der Waals surface area contributed by atoms with Crippen molar-refractivity contribution in [3.05, 3.63) is 15.6 Å². The number of rotatable bonds is 5. The number of carboxylic acids is 1. The normalized spacial score (nSPS) is 12.2. The summed E-state index contributed by atoms with van der Waals surface area (Å²) >= 11 is 1.60. The standard InChI is InChI=1S/C12H18N2O3S/c1-7(12-8(2)18-9(3)13-12)14(4)10(15)5-6-11(16)17/h7H,5-6H2,1-4H3,(H,16,17)/t7-/m0/s1. The number of aromatic nitrogens is 1. The van der Waals surface area contributed by atoms with Gasteiger partial charge in [0, 0.05) is 18.3 Å². The van der Waals surface area contributed by atoms with Crippen LogP contribution in [0.1, 0.15) is 41.4 Å².